The van der Waals surface area contributed by atoms with Crippen LogP contribution in [0, 0.1) is 6.92 Å². The van der Waals surface area contributed by atoms with Crippen LogP contribution in [-0.2, 0) is 11.3 Å². The number of anilines is 1. The fourth-order valence-corrected chi connectivity index (χ4v) is 5.40. The fraction of sp³-hybridized carbons (Fsp3) is 0.200. The molecule has 0 radical (unpaired) electrons. The van der Waals surface area contributed by atoms with Crippen molar-refractivity contribution >= 4 is 28.9 Å². The van der Waals surface area contributed by atoms with E-state index in [1.54, 1.807) is 0 Å². The monoisotopic (exact) mass is 561 g/mol. The Morgan fingerprint density at radius 2 is 1.59 bits per heavy atom. The first-order chi connectivity index (χ1) is 19.8. The largest absolute Gasteiger partial charge is 0.457 e. The molecule has 0 aliphatic carbocycles. The van der Waals surface area contributed by atoms with Crippen molar-refractivity contribution in [2.24, 2.45) is 0 Å². The summed E-state index contributed by atoms with van der Waals surface area (Å²) in [4.78, 5) is 16.2. The van der Waals surface area contributed by atoms with Crippen molar-refractivity contribution in [3.8, 4) is 11.5 Å². The normalized spacial score (nSPS) is 15.1. The van der Waals surface area contributed by atoms with Gasteiger partial charge in [-0.2, -0.15) is 0 Å². The molecular formula is C35H35N3O2S. The molecule has 2 N–H and O–H groups in total. The minimum Gasteiger partial charge on any atom is -0.457 e. The van der Waals surface area contributed by atoms with Crippen LogP contribution in [0.4, 0.5) is 5.69 Å². The number of hydrogen-bond acceptors (Lipinski definition) is 3. The summed E-state index contributed by atoms with van der Waals surface area (Å²) < 4.78 is 6.12. The number of para-hydroxylation sites is 2. The second-order valence-electron chi connectivity index (χ2n) is 10.6. The number of amides is 1. The van der Waals surface area contributed by atoms with Gasteiger partial charge in [0, 0.05) is 17.9 Å². The maximum Gasteiger partial charge on any atom is 0.255 e. The van der Waals surface area contributed by atoms with Crippen molar-refractivity contribution in [2.45, 2.75) is 46.2 Å². The van der Waals surface area contributed by atoms with Gasteiger partial charge in [-0.25, -0.2) is 0 Å². The lowest BCUT2D eigenvalue weighted by Gasteiger charge is -2.38. The topological polar surface area (TPSA) is 53.6 Å². The maximum atomic E-state index is 14.2. The van der Waals surface area contributed by atoms with E-state index in [1.807, 2.05) is 84.6 Å². The van der Waals surface area contributed by atoms with E-state index in [9.17, 15) is 4.79 Å². The molecule has 0 spiro atoms. The summed E-state index contributed by atoms with van der Waals surface area (Å²) >= 11 is 5.89. The maximum absolute atomic E-state index is 14.2. The Labute approximate surface area is 247 Å². The average molecular weight is 562 g/mol. The first kappa shape index (κ1) is 28.1. The third-order valence-electron chi connectivity index (χ3n) is 7.30. The molecule has 0 fully saturated rings. The Balaban J connectivity index is 1.53. The van der Waals surface area contributed by atoms with Gasteiger partial charge in [0.05, 0.1) is 11.6 Å². The SMILES string of the molecule is CC1=C(C(=O)Nc2ccccc2C(C)C)[C@H](c2cccc(Oc3ccccc3)c2)NC(=S)N1Cc1ccc(C)cc1. The molecule has 4 aromatic carbocycles. The highest BCUT2D eigenvalue weighted by atomic mass is 32.1. The average Bonchev–Trinajstić information content (AvgIpc) is 2.96. The molecule has 5 rings (SSSR count). The summed E-state index contributed by atoms with van der Waals surface area (Å²) in [5.41, 5.74) is 6.52. The smallest absolute Gasteiger partial charge is 0.255 e. The molecule has 208 valence electrons. The van der Waals surface area contributed by atoms with Gasteiger partial charge >= 0.3 is 0 Å². The molecular weight excluding hydrogens is 526 g/mol. The number of aryl methyl sites for hydroxylation is 1. The lowest BCUT2D eigenvalue weighted by Crippen LogP contribution is -2.48. The summed E-state index contributed by atoms with van der Waals surface area (Å²) in [6.07, 6.45) is 0. The van der Waals surface area contributed by atoms with E-state index in [0.717, 1.165) is 33.8 Å². The zero-order chi connectivity index (χ0) is 28.9. The first-order valence-electron chi connectivity index (χ1n) is 13.9. The lowest BCUT2D eigenvalue weighted by molar-refractivity contribution is -0.113. The van der Waals surface area contributed by atoms with Gasteiger partial charge in [-0.3, -0.25) is 4.79 Å². The quantitative estimate of drug-likeness (QED) is 0.212. The Kier molecular flexibility index (Phi) is 8.50. The molecule has 0 aromatic heterocycles. The van der Waals surface area contributed by atoms with Crippen LogP contribution in [0.1, 0.15) is 55.0 Å². The lowest BCUT2D eigenvalue weighted by atomic mass is 9.93. The van der Waals surface area contributed by atoms with Gasteiger partial charge in [-0.1, -0.05) is 92.2 Å². The summed E-state index contributed by atoms with van der Waals surface area (Å²) in [7, 11) is 0. The Morgan fingerprint density at radius 1 is 0.902 bits per heavy atom. The predicted molar refractivity (Wildman–Crippen MR) is 170 cm³/mol. The summed E-state index contributed by atoms with van der Waals surface area (Å²) in [5, 5.41) is 7.26. The first-order valence-corrected chi connectivity index (χ1v) is 14.3. The number of rotatable bonds is 8. The van der Waals surface area contributed by atoms with Crippen molar-refractivity contribution in [1.29, 1.82) is 0 Å². The molecule has 1 heterocycles. The summed E-state index contributed by atoms with van der Waals surface area (Å²) in [5.74, 6) is 1.53. The van der Waals surface area contributed by atoms with Gasteiger partial charge in [0.1, 0.15) is 11.5 Å². The van der Waals surface area contributed by atoms with Gasteiger partial charge < -0.3 is 20.3 Å². The second kappa shape index (κ2) is 12.4. The van der Waals surface area contributed by atoms with E-state index >= 15 is 0 Å². The molecule has 0 saturated carbocycles. The number of carbonyl (C=O) groups is 1. The van der Waals surface area contributed by atoms with E-state index in [0.29, 0.717) is 23.0 Å². The Hall–Kier alpha value is -4.42. The van der Waals surface area contributed by atoms with Crippen molar-refractivity contribution in [3.63, 3.8) is 0 Å². The molecule has 0 unspecified atom stereocenters. The molecule has 1 aliphatic heterocycles. The van der Waals surface area contributed by atoms with Crippen LogP contribution in [0.25, 0.3) is 0 Å². The summed E-state index contributed by atoms with van der Waals surface area (Å²) in [6.45, 7) is 8.85. The van der Waals surface area contributed by atoms with Crippen LogP contribution in [0.5, 0.6) is 11.5 Å². The minimum absolute atomic E-state index is 0.168. The zero-order valence-corrected chi connectivity index (χ0v) is 24.7. The van der Waals surface area contributed by atoms with Crippen molar-refractivity contribution in [3.05, 3.63) is 137 Å². The van der Waals surface area contributed by atoms with Crippen molar-refractivity contribution in [2.75, 3.05) is 5.32 Å². The number of hydrogen-bond donors (Lipinski definition) is 2. The van der Waals surface area contributed by atoms with Gasteiger partial charge in [0.2, 0.25) is 0 Å². The van der Waals surface area contributed by atoms with E-state index in [1.165, 1.54) is 5.56 Å². The highest BCUT2D eigenvalue weighted by Crippen LogP contribution is 2.35. The molecule has 0 bridgehead atoms. The number of nitrogens with one attached hydrogen (secondary N) is 2. The van der Waals surface area contributed by atoms with Crippen LogP contribution < -0.4 is 15.4 Å². The standard InChI is InChI=1S/C35H35N3O2S/c1-23(2)30-15-8-9-16-31(30)36-34(39)32-25(4)38(22-26-19-17-24(3)18-20-26)35(41)37-33(32)27-11-10-14-29(21-27)40-28-12-6-5-7-13-28/h5-21,23,33H,22H2,1-4H3,(H,36,39)(H,37,41)/t33-/m0/s1. The van der Waals surface area contributed by atoms with E-state index < -0.39 is 6.04 Å². The molecule has 4 aromatic rings. The molecule has 5 nitrogen and oxygen atoms in total. The molecule has 6 heteroatoms. The minimum atomic E-state index is -0.456. The van der Waals surface area contributed by atoms with Crippen LogP contribution in [-0.4, -0.2) is 15.9 Å². The number of benzene rings is 4. The molecule has 1 amide bonds. The number of allylic oxidation sites excluding steroid dienone is 1. The van der Waals surface area contributed by atoms with Crippen LogP contribution in [0.3, 0.4) is 0 Å². The number of ether oxygens (including phenoxy) is 1. The third-order valence-corrected chi connectivity index (χ3v) is 7.64. The third kappa shape index (κ3) is 6.50. The Morgan fingerprint density at radius 3 is 2.32 bits per heavy atom. The van der Waals surface area contributed by atoms with Gasteiger partial charge in [0.25, 0.3) is 5.91 Å². The Bertz CT molecular complexity index is 1580. The van der Waals surface area contributed by atoms with Crippen LogP contribution >= 0.6 is 12.2 Å². The highest BCUT2D eigenvalue weighted by molar-refractivity contribution is 7.80. The zero-order valence-electron chi connectivity index (χ0n) is 23.8. The number of nitrogens with zero attached hydrogens (tertiary/aromatic N) is 1. The van der Waals surface area contributed by atoms with E-state index in [2.05, 4.69) is 61.7 Å². The van der Waals surface area contributed by atoms with Gasteiger partial charge in [0.15, 0.2) is 5.11 Å². The number of thiocarbonyl (C=S) groups is 1. The molecule has 1 aliphatic rings. The van der Waals surface area contributed by atoms with Crippen LogP contribution in [0.2, 0.25) is 0 Å². The second-order valence-corrected chi connectivity index (χ2v) is 11.0. The molecule has 1 atom stereocenters. The number of carbonyl (C=O) groups excluding carboxylic acids is 1. The van der Waals surface area contributed by atoms with E-state index in [-0.39, 0.29) is 11.8 Å². The summed E-state index contributed by atoms with van der Waals surface area (Å²) in [6, 6.07) is 33.3. The fourth-order valence-electron chi connectivity index (χ4n) is 5.08. The molecule has 41 heavy (non-hydrogen) atoms. The van der Waals surface area contributed by atoms with Crippen LogP contribution in [0.15, 0.2) is 114 Å². The predicted octanol–water partition coefficient (Wildman–Crippen LogP) is 8.25. The van der Waals surface area contributed by atoms with Crippen molar-refractivity contribution < 1.29 is 9.53 Å². The highest BCUT2D eigenvalue weighted by Gasteiger charge is 2.34. The van der Waals surface area contributed by atoms with Gasteiger partial charge in [-0.15, -0.1) is 0 Å². The van der Waals surface area contributed by atoms with Crippen molar-refractivity contribution in [1.82, 2.24) is 10.2 Å². The van der Waals surface area contributed by atoms with Gasteiger partial charge in [-0.05, 0) is 79.0 Å². The molecule has 0 saturated heterocycles. The van der Waals surface area contributed by atoms with E-state index in [4.69, 9.17) is 17.0 Å².